The zero-order chi connectivity index (χ0) is 19.2. The van der Waals surface area contributed by atoms with E-state index >= 15 is 0 Å². The van der Waals surface area contributed by atoms with Crippen LogP contribution in [0.4, 0.5) is 11.4 Å². The number of quaternary nitrogens is 1. The molecule has 24 heavy (non-hydrogen) atoms. The standard InChI is InChI=1S/C18H31N3O.C2H6/c1-8-21(6,7)15-11-9-14(10-12-15)20-16(22)18(5,19)13-17(2,3)4;1-2/h9-12H,8,13,19H2,1-7H3;1-2H3/p+1. The number of hydrogen-bond acceptors (Lipinski definition) is 2. The van der Waals surface area contributed by atoms with Gasteiger partial charge in [0.25, 0.3) is 0 Å². The maximum atomic E-state index is 12.4. The number of carbonyl (C=O) groups excluding carboxylic acids is 1. The summed E-state index contributed by atoms with van der Waals surface area (Å²) in [4.78, 5) is 12.4. The minimum absolute atomic E-state index is 0.00727. The number of nitrogens with zero attached hydrogens (tertiary/aromatic N) is 1. The number of anilines is 1. The molecule has 0 aliphatic rings. The highest BCUT2D eigenvalue weighted by Crippen LogP contribution is 2.27. The summed E-state index contributed by atoms with van der Waals surface area (Å²) in [6.07, 6.45) is 0.629. The van der Waals surface area contributed by atoms with Crippen LogP contribution >= 0.6 is 0 Å². The molecule has 0 bridgehead atoms. The summed E-state index contributed by atoms with van der Waals surface area (Å²) >= 11 is 0. The Hall–Kier alpha value is -1.39. The Balaban J connectivity index is 0.00000254. The molecule has 0 saturated carbocycles. The summed E-state index contributed by atoms with van der Waals surface area (Å²) in [5, 5.41) is 2.93. The summed E-state index contributed by atoms with van der Waals surface area (Å²) in [6.45, 7) is 15.2. The van der Waals surface area contributed by atoms with Crippen LogP contribution in [-0.4, -0.2) is 32.1 Å². The van der Waals surface area contributed by atoms with Gasteiger partial charge in [0.2, 0.25) is 5.91 Å². The van der Waals surface area contributed by atoms with Crippen molar-refractivity contribution in [2.45, 2.75) is 60.4 Å². The van der Waals surface area contributed by atoms with Gasteiger partial charge >= 0.3 is 0 Å². The first-order chi connectivity index (χ1) is 10.9. The molecule has 1 aromatic carbocycles. The van der Waals surface area contributed by atoms with Crippen molar-refractivity contribution >= 4 is 17.3 Å². The van der Waals surface area contributed by atoms with Gasteiger partial charge in [-0.2, -0.15) is 0 Å². The fourth-order valence-electron chi connectivity index (χ4n) is 2.59. The van der Waals surface area contributed by atoms with Crippen molar-refractivity contribution in [1.29, 1.82) is 0 Å². The van der Waals surface area contributed by atoms with E-state index in [9.17, 15) is 4.79 Å². The summed E-state index contributed by atoms with van der Waals surface area (Å²) in [5.74, 6) is -0.139. The van der Waals surface area contributed by atoms with Crippen LogP contribution in [0, 0.1) is 5.41 Å². The van der Waals surface area contributed by atoms with E-state index in [0.29, 0.717) is 6.42 Å². The van der Waals surface area contributed by atoms with Crippen molar-refractivity contribution in [3.63, 3.8) is 0 Å². The van der Waals surface area contributed by atoms with Crippen LogP contribution in [0.1, 0.15) is 54.9 Å². The third-order valence-electron chi connectivity index (χ3n) is 4.03. The second kappa shape index (κ2) is 8.63. The smallest absolute Gasteiger partial charge is 0.244 e. The molecule has 3 N–H and O–H groups in total. The van der Waals surface area contributed by atoms with Gasteiger partial charge in [-0.05, 0) is 37.8 Å². The van der Waals surface area contributed by atoms with E-state index in [1.807, 2.05) is 26.0 Å². The SMILES string of the molecule is CC.CC[N+](C)(C)c1ccc(NC(=O)C(C)(N)CC(C)(C)C)cc1. The molecule has 4 heteroatoms. The van der Waals surface area contributed by atoms with Crippen LogP contribution in [0.3, 0.4) is 0 Å². The lowest BCUT2D eigenvalue weighted by atomic mass is 9.81. The number of benzene rings is 1. The first-order valence-electron chi connectivity index (χ1n) is 8.91. The molecule has 0 aliphatic carbocycles. The van der Waals surface area contributed by atoms with Gasteiger partial charge in [-0.3, -0.25) is 9.28 Å². The van der Waals surface area contributed by atoms with Crippen molar-refractivity contribution in [2.24, 2.45) is 11.1 Å². The van der Waals surface area contributed by atoms with E-state index in [0.717, 1.165) is 16.7 Å². The maximum Gasteiger partial charge on any atom is 0.244 e. The Kier molecular flexibility index (Phi) is 8.13. The van der Waals surface area contributed by atoms with Gasteiger partial charge in [-0.25, -0.2) is 0 Å². The van der Waals surface area contributed by atoms with Crippen molar-refractivity contribution in [3.8, 4) is 0 Å². The lowest BCUT2D eigenvalue weighted by molar-refractivity contribution is -0.121. The molecule has 1 aromatic rings. The predicted octanol–water partition coefficient (Wildman–Crippen LogP) is 4.39. The molecule has 1 rings (SSSR count). The molecular weight excluding hydrogens is 298 g/mol. The van der Waals surface area contributed by atoms with Gasteiger partial charge in [-0.15, -0.1) is 0 Å². The van der Waals surface area contributed by atoms with Gasteiger partial charge < -0.3 is 11.1 Å². The largest absolute Gasteiger partial charge is 0.324 e. The lowest BCUT2D eigenvalue weighted by Crippen LogP contribution is -2.50. The van der Waals surface area contributed by atoms with E-state index < -0.39 is 5.54 Å². The molecule has 138 valence electrons. The molecule has 1 atom stereocenters. The van der Waals surface area contributed by atoms with E-state index in [-0.39, 0.29) is 11.3 Å². The van der Waals surface area contributed by atoms with Crippen molar-refractivity contribution < 1.29 is 4.79 Å². The Labute approximate surface area is 149 Å². The van der Waals surface area contributed by atoms with Crippen molar-refractivity contribution in [2.75, 3.05) is 26.0 Å². The molecule has 0 spiro atoms. The Morgan fingerprint density at radius 1 is 1.08 bits per heavy atom. The fraction of sp³-hybridized carbons (Fsp3) is 0.650. The van der Waals surface area contributed by atoms with Crippen LogP contribution in [0.25, 0.3) is 0 Å². The molecular formula is C20H38N3O+. The molecule has 1 unspecified atom stereocenters. The molecule has 0 aliphatic heterocycles. The number of rotatable bonds is 5. The van der Waals surface area contributed by atoms with E-state index in [1.54, 1.807) is 6.92 Å². The summed E-state index contributed by atoms with van der Waals surface area (Å²) in [7, 11) is 4.32. The molecule has 0 radical (unpaired) electrons. The quantitative estimate of drug-likeness (QED) is 0.783. The number of hydrogen-bond donors (Lipinski definition) is 2. The fourth-order valence-corrected chi connectivity index (χ4v) is 2.59. The minimum atomic E-state index is -0.879. The lowest BCUT2D eigenvalue weighted by Gasteiger charge is -2.31. The molecule has 0 fully saturated rings. The van der Waals surface area contributed by atoms with Crippen LogP contribution in [0.5, 0.6) is 0 Å². The minimum Gasteiger partial charge on any atom is -0.324 e. The predicted molar refractivity (Wildman–Crippen MR) is 107 cm³/mol. The van der Waals surface area contributed by atoms with Crippen molar-refractivity contribution in [3.05, 3.63) is 24.3 Å². The van der Waals surface area contributed by atoms with Crippen molar-refractivity contribution in [1.82, 2.24) is 4.48 Å². The van der Waals surface area contributed by atoms with Crippen LogP contribution in [0.2, 0.25) is 0 Å². The highest BCUT2D eigenvalue weighted by Gasteiger charge is 2.33. The molecule has 1 amide bonds. The average molecular weight is 337 g/mol. The topological polar surface area (TPSA) is 55.1 Å². The van der Waals surface area contributed by atoms with E-state index in [4.69, 9.17) is 5.73 Å². The molecule has 0 aromatic heterocycles. The zero-order valence-corrected chi connectivity index (χ0v) is 17.2. The Morgan fingerprint density at radius 3 is 1.92 bits per heavy atom. The third kappa shape index (κ3) is 7.02. The third-order valence-corrected chi connectivity index (χ3v) is 4.03. The van der Waals surface area contributed by atoms with E-state index in [2.05, 4.69) is 59.2 Å². The number of carbonyl (C=O) groups is 1. The normalized spacial score (nSPS) is 14.2. The van der Waals surface area contributed by atoms with Crippen LogP contribution < -0.4 is 15.5 Å². The number of amides is 1. The monoisotopic (exact) mass is 336 g/mol. The van der Waals surface area contributed by atoms with Gasteiger partial charge in [0.15, 0.2) is 0 Å². The van der Waals surface area contributed by atoms with Gasteiger partial charge in [0.05, 0.1) is 26.2 Å². The highest BCUT2D eigenvalue weighted by atomic mass is 16.2. The van der Waals surface area contributed by atoms with Gasteiger partial charge in [0.1, 0.15) is 5.69 Å². The second-order valence-corrected chi connectivity index (χ2v) is 8.16. The summed E-state index contributed by atoms with van der Waals surface area (Å²) < 4.78 is 0.812. The van der Waals surface area contributed by atoms with Crippen LogP contribution in [-0.2, 0) is 4.79 Å². The first-order valence-corrected chi connectivity index (χ1v) is 8.91. The first kappa shape index (κ1) is 22.6. The van der Waals surface area contributed by atoms with Gasteiger partial charge in [-0.1, -0.05) is 34.6 Å². The molecule has 0 heterocycles. The molecule has 0 saturated heterocycles. The average Bonchev–Trinajstić information content (AvgIpc) is 2.47. The molecule has 4 nitrogen and oxygen atoms in total. The number of nitrogens with one attached hydrogen (secondary N) is 1. The second-order valence-electron chi connectivity index (χ2n) is 8.16. The Bertz CT molecular complexity index is 511. The van der Waals surface area contributed by atoms with Gasteiger partial charge in [0, 0.05) is 17.8 Å². The zero-order valence-electron chi connectivity index (χ0n) is 17.2. The Morgan fingerprint density at radius 2 is 1.54 bits per heavy atom. The maximum absolute atomic E-state index is 12.4. The summed E-state index contributed by atoms with van der Waals surface area (Å²) in [5.41, 5.74) is 7.33. The highest BCUT2D eigenvalue weighted by molar-refractivity contribution is 5.97. The van der Waals surface area contributed by atoms with Crippen LogP contribution in [0.15, 0.2) is 24.3 Å². The van der Waals surface area contributed by atoms with E-state index in [1.165, 1.54) is 5.69 Å². The number of nitrogens with two attached hydrogens (primary N) is 1. The summed E-state index contributed by atoms with van der Waals surface area (Å²) in [6, 6.07) is 7.99.